The van der Waals surface area contributed by atoms with E-state index in [1.54, 1.807) is 21.3 Å². The maximum atomic E-state index is 6.34. The van der Waals surface area contributed by atoms with E-state index in [-0.39, 0.29) is 6.10 Å². The Morgan fingerprint density at radius 3 is 2.65 bits per heavy atom. The summed E-state index contributed by atoms with van der Waals surface area (Å²) in [4.78, 5) is 2.37. The molecule has 1 aromatic rings. The summed E-state index contributed by atoms with van der Waals surface area (Å²) in [5.41, 5.74) is 1.09. The topological polar surface area (TPSA) is 40.2 Å². The van der Waals surface area contributed by atoms with E-state index in [2.05, 4.69) is 4.90 Å². The lowest BCUT2D eigenvalue weighted by atomic mass is 10.1. The zero-order valence-electron chi connectivity index (χ0n) is 14.3. The molecular weight excluding hydrogens is 318 g/mol. The molecule has 0 amide bonds. The summed E-state index contributed by atoms with van der Waals surface area (Å²) in [6.45, 7) is 4.87. The first-order valence-electron chi connectivity index (χ1n) is 7.87. The van der Waals surface area contributed by atoms with Crippen molar-refractivity contribution in [1.29, 1.82) is 0 Å². The van der Waals surface area contributed by atoms with Gasteiger partial charge in [-0.1, -0.05) is 11.6 Å². The lowest BCUT2D eigenvalue weighted by Gasteiger charge is -2.24. The SMILES string of the molecule is CCOc1cc(CN2C[C@@H](OC)C[C@H]2COC)cc(Cl)c1OC. The number of nitrogens with zero attached hydrogens (tertiary/aromatic N) is 1. The largest absolute Gasteiger partial charge is 0.491 e. The predicted octanol–water partition coefficient (Wildman–Crippen LogP) is 2.98. The monoisotopic (exact) mass is 343 g/mol. The van der Waals surface area contributed by atoms with Crippen molar-refractivity contribution in [2.45, 2.75) is 32.0 Å². The second-order valence-corrected chi connectivity index (χ2v) is 6.08. The molecule has 0 unspecified atom stereocenters. The first kappa shape index (κ1) is 18.3. The van der Waals surface area contributed by atoms with E-state index in [1.165, 1.54) is 0 Å². The normalized spacial score (nSPS) is 21.6. The minimum atomic E-state index is 0.246. The lowest BCUT2D eigenvalue weighted by Crippen LogP contribution is -2.32. The molecule has 1 aliphatic heterocycles. The molecular formula is C17H26ClNO4. The maximum absolute atomic E-state index is 6.34. The highest BCUT2D eigenvalue weighted by molar-refractivity contribution is 6.32. The maximum Gasteiger partial charge on any atom is 0.179 e. The molecule has 0 N–H and O–H groups in total. The molecule has 6 heteroatoms. The van der Waals surface area contributed by atoms with Crippen LogP contribution in [0.4, 0.5) is 0 Å². The van der Waals surface area contributed by atoms with Gasteiger partial charge < -0.3 is 18.9 Å². The van der Waals surface area contributed by atoms with Crippen molar-refractivity contribution >= 4 is 11.6 Å². The van der Waals surface area contributed by atoms with Crippen molar-refractivity contribution < 1.29 is 18.9 Å². The molecule has 1 aromatic carbocycles. The Kier molecular flexibility index (Phi) is 6.96. The summed E-state index contributed by atoms with van der Waals surface area (Å²) < 4.78 is 21.8. The Labute approximate surface area is 143 Å². The van der Waals surface area contributed by atoms with Crippen molar-refractivity contribution in [3.63, 3.8) is 0 Å². The van der Waals surface area contributed by atoms with Crippen molar-refractivity contribution in [2.24, 2.45) is 0 Å². The number of halogens is 1. The van der Waals surface area contributed by atoms with Crippen LogP contribution >= 0.6 is 11.6 Å². The van der Waals surface area contributed by atoms with Crippen LogP contribution in [-0.2, 0) is 16.0 Å². The average molecular weight is 344 g/mol. The number of benzene rings is 1. The fourth-order valence-corrected chi connectivity index (χ4v) is 3.39. The van der Waals surface area contributed by atoms with Gasteiger partial charge in [0.25, 0.3) is 0 Å². The Morgan fingerprint density at radius 2 is 2.04 bits per heavy atom. The Morgan fingerprint density at radius 1 is 1.26 bits per heavy atom. The van der Waals surface area contributed by atoms with Gasteiger partial charge in [0.05, 0.1) is 31.5 Å². The zero-order valence-corrected chi connectivity index (χ0v) is 15.1. The standard InChI is InChI=1S/C17H26ClNO4/c1-5-23-16-7-12(6-15(18)17(16)22-4)9-19-10-14(21-3)8-13(19)11-20-2/h6-7,13-14H,5,8-11H2,1-4H3/t13-,14-/m0/s1. The van der Waals surface area contributed by atoms with E-state index in [0.29, 0.717) is 35.8 Å². The van der Waals surface area contributed by atoms with Crippen molar-refractivity contribution in [2.75, 3.05) is 41.1 Å². The van der Waals surface area contributed by atoms with Crippen LogP contribution in [0.3, 0.4) is 0 Å². The van der Waals surface area contributed by atoms with Crippen molar-refractivity contribution in [3.8, 4) is 11.5 Å². The predicted molar refractivity (Wildman–Crippen MR) is 90.7 cm³/mol. The summed E-state index contributed by atoms with van der Waals surface area (Å²) in [5.74, 6) is 1.27. The Bertz CT molecular complexity index is 512. The molecule has 23 heavy (non-hydrogen) atoms. The summed E-state index contributed by atoms with van der Waals surface area (Å²) >= 11 is 6.34. The smallest absolute Gasteiger partial charge is 0.179 e. The molecule has 5 nitrogen and oxygen atoms in total. The fourth-order valence-electron chi connectivity index (χ4n) is 3.08. The van der Waals surface area contributed by atoms with Gasteiger partial charge >= 0.3 is 0 Å². The first-order chi connectivity index (χ1) is 11.1. The molecule has 2 atom stereocenters. The second kappa shape index (κ2) is 8.73. The highest BCUT2D eigenvalue weighted by Crippen LogP contribution is 2.37. The highest BCUT2D eigenvalue weighted by atomic mass is 35.5. The third kappa shape index (κ3) is 4.51. The molecule has 0 aliphatic carbocycles. The summed E-state index contributed by atoms with van der Waals surface area (Å²) in [6, 6.07) is 4.28. The van der Waals surface area contributed by atoms with E-state index < -0.39 is 0 Å². The van der Waals surface area contributed by atoms with Gasteiger partial charge in [0.1, 0.15) is 0 Å². The number of rotatable bonds is 8. The van der Waals surface area contributed by atoms with Crippen LogP contribution in [0.25, 0.3) is 0 Å². The fraction of sp³-hybridized carbons (Fsp3) is 0.647. The summed E-state index contributed by atoms with van der Waals surface area (Å²) in [7, 11) is 5.09. The molecule has 0 aromatic heterocycles. The highest BCUT2D eigenvalue weighted by Gasteiger charge is 2.32. The molecule has 1 fully saturated rings. The van der Waals surface area contributed by atoms with Crippen LogP contribution in [0.15, 0.2) is 12.1 Å². The molecule has 0 spiro atoms. The number of hydrogen-bond acceptors (Lipinski definition) is 5. The molecule has 1 aliphatic rings. The third-order valence-electron chi connectivity index (χ3n) is 4.14. The van der Waals surface area contributed by atoms with Gasteiger partial charge in [-0.25, -0.2) is 0 Å². The molecule has 0 saturated carbocycles. The van der Waals surface area contributed by atoms with E-state index in [9.17, 15) is 0 Å². The molecule has 0 bridgehead atoms. The van der Waals surface area contributed by atoms with Gasteiger partial charge in [0.15, 0.2) is 11.5 Å². The number of methoxy groups -OCH3 is 3. The van der Waals surface area contributed by atoms with Crippen LogP contribution < -0.4 is 9.47 Å². The van der Waals surface area contributed by atoms with Crippen LogP contribution in [0, 0.1) is 0 Å². The summed E-state index contributed by atoms with van der Waals surface area (Å²) in [6.07, 6.45) is 1.22. The molecule has 1 saturated heterocycles. The van der Waals surface area contributed by atoms with Gasteiger partial charge in [-0.15, -0.1) is 0 Å². The number of likely N-dealkylation sites (tertiary alicyclic amines) is 1. The molecule has 0 radical (unpaired) electrons. The second-order valence-electron chi connectivity index (χ2n) is 5.67. The first-order valence-corrected chi connectivity index (χ1v) is 8.25. The van der Waals surface area contributed by atoms with Gasteiger partial charge in [-0.2, -0.15) is 0 Å². The van der Waals surface area contributed by atoms with Gasteiger partial charge in [0, 0.05) is 33.4 Å². The van der Waals surface area contributed by atoms with Crippen molar-refractivity contribution in [3.05, 3.63) is 22.7 Å². The molecule has 130 valence electrons. The Hall–Kier alpha value is -1.01. The quantitative estimate of drug-likeness (QED) is 0.725. The van der Waals surface area contributed by atoms with Gasteiger partial charge in [0.2, 0.25) is 0 Å². The molecule has 1 heterocycles. The van der Waals surface area contributed by atoms with Crippen molar-refractivity contribution in [1.82, 2.24) is 4.90 Å². The Balaban J connectivity index is 2.18. The minimum Gasteiger partial charge on any atom is -0.491 e. The lowest BCUT2D eigenvalue weighted by molar-refractivity contribution is 0.106. The van der Waals surface area contributed by atoms with Crippen LogP contribution in [-0.4, -0.2) is 58.1 Å². The number of ether oxygens (including phenoxy) is 4. The van der Waals surface area contributed by atoms with E-state index in [1.807, 2.05) is 19.1 Å². The van der Waals surface area contributed by atoms with Crippen LogP contribution in [0.5, 0.6) is 11.5 Å². The number of hydrogen-bond donors (Lipinski definition) is 0. The van der Waals surface area contributed by atoms with E-state index in [4.69, 9.17) is 30.5 Å². The molecule has 2 rings (SSSR count). The average Bonchev–Trinajstić information content (AvgIpc) is 2.90. The van der Waals surface area contributed by atoms with E-state index >= 15 is 0 Å². The van der Waals surface area contributed by atoms with Gasteiger partial charge in [-0.3, -0.25) is 4.90 Å². The minimum absolute atomic E-state index is 0.246. The van der Waals surface area contributed by atoms with E-state index in [0.717, 1.165) is 25.1 Å². The summed E-state index contributed by atoms with van der Waals surface area (Å²) in [5, 5.41) is 0.569. The zero-order chi connectivity index (χ0) is 16.8. The van der Waals surface area contributed by atoms with Crippen LogP contribution in [0.1, 0.15) is 18.9 Å². The van der Waals surface area contributed by atoms with Crippen LogP contribution in [0.2, 0.25) is 5.02 Å². The van der Waals surface area contributed by atoms with Gasteiger partial charge in [-0.05, 0) is 31.0 Å². The third-order valence-corrected chi connectivity index (χ3v) is 4.42.